The van der Waals surface area contributed by atoms with Crippen LogP contribution in [0.25, 0.3) is 0 Å². The van der Waals surface area contributed by atoms with Crippen molar-refractivity contribution in [2.45, 2.75) is 6.61 Å². The van der Waals surface area contributed by atoms with Crippen LogP contribution in [0.4, 0.5) is 11.4 Å². The zero-order valence-electron chi connectivity index (χ0n) is 16.2. The molecule has 0 heterocycles. The summed E-state index contributed by atoms with van der Waals surface area (Å²) in [6.45, 7) is 0.465. The standard InChI is InChI=1S/C24H21N3O3/c25-23(24(29)27-19-10-5-2-6-11-19)22(28)14-15-26-20-12-7-13-21(16-20)30-17-18-8-3-1-4-9-18/h1-16,25-26H,17H2,(H,27,29)/p+1/b15-14-,25-23?. The maximum Gasteiger partial charge on any atom is 0.277 e. The lowest BCUT2D eigenvalue weighted by Gasteiger charge is -2.06. The molecule has 3 aromatic carbocycles. The summed E-state index contributed by atoms with van der Waals surface area (Å²) < 4.78 is 5.79. The van der Waals surface area contributed by atoms with Crippen LogP contribution >= 0.6 is 0 Å². The molecule has 3 rings (SSSR count). The first-order chi connectivity index (χ1) is 14.6. The highest BCUT2D eigenvalue weighted by molar-refractivity contribution is 6.68. The maximum atomic E-state index is 12.1. The molecule has 0 atom stereocenters. The Bertz CT molecular complexity index is 1050. The number of carbonyl (C=O) groups is 2. The van der Waals surface area contributed by atoms with Crippen molar-refractivity contribution in [1.82, 2.24) is 0 Å². The molecule has 0 aliphatic rings. The van der Waals surface area contributed by atoms with Gasteiger partial charge in [0.2, 0.25) is 5.78 Å². The third-order valence-corrected chi connectivity index (χ3v) is 4.15. The lowest BCUT2D eigenvalue weighted by molar-refractivity contribution is -0.496. The molecule has 0 fully saturated rings. The second-order valence-electron chi connectivity index (χ2n) is 6.43. The monoisotopic (exact) mass is 400 g/mol. The summed E-state index contributed by atoms with van der Waals surface area (Å²) in [5.41, 5.74) is 1.82. The maximum absolute atomic E-state index is 12.1. The number of nitrogens with two attached hydrogens (primary N) is 1. The van der Waals surface area contributed by atoms with Gasteiger partial charge in [-0.1, -0.05) is 54.6 Å². The van der Waals surface area contributed by atoms with Gasteiger partial charge in [0.1, 0.15) is 24.2 Å². The summed E-state index contributed by atoms with van der Waals surface area (Å²) in [5, 5.41) is 12.0. The first kappa shape index (κ1) is 20.7. The molecule has 0 aliphatic carbocycles. The van der Waals surface area contributed by atoms with Gasteiger partial charge in [-0.2, -0.15) is 0 Å². The quantitative estimate of drug-likeness (QED) is 0.223. The third kappa shape index (κ3) is 6.25. The van der Waals surface area contributed by atoms with E-state index in [9.17, 15) is 9.59 Å². The first-order valence-corrected chi connectivity index (χ1v) is 9.39. The summed E-state index contributed by atoms with van der Waals surface area (Å²) in [4.78, 5) is 24.1. The molecule has 0 radical (unpaired) electrons. The minimum Gasteiger partial charge on any atom is -0.489 e. The Morgan fingerprint density at radius 1 is 0.933 bits per heavy atom. The minimum absolute atomic E-state index is 0.465. The Labute approximate surface area is 174 Å². The summed E-state index contributed by atoms with van der Waals surface area (Å²) in [6, 6.07) is 26.0. The largest absolute Gasteiger partial charge is 0.489 e. The van der Waals surface area contributed by atoms with E-state index < -0.39 is 17.4 Å². The van der Waals surface area contributed by atoms with Crippen molar-refractivity contribution >= 4 is 28.8 Å². The highest BCUT2D eigenvalue weighted by atomic mass is 16.5. The molecule has 30 heavy (non-hydrogen) atoms. The molecule has 0 bridgehead atoms. The van der Waals surface area contributed by atoms with Gasteiger partial charge >= 0.3 is 0 Å². The van der Waals surface area contributed by atoms with E-state index in [1.807, 2.05) is 60.7 Å². The van der Waals surface area contributed by atoms with Gasteiger partial charge in [0.15, 0.2) is 5.71 Å². The third-order valence-electron chi connectivity index (χ3n) is 4.15. The number of para-hydroxylation sites is 1. The SMILES string of the molecule is N=C(C(=O)/C=C\[NH2+]c1cccc(OCc2ccccc2)c1)C(=O)Nc1ccccc1. The van der Waals surface area contributed by atoms with Crippen LogP contribution in [0, 0.1) is 5.41 Å². The number of amides is 1. The Morgan fingerprint density at radius 3 is 2.37 bits per heavy atom. The van der Waals surface area contributed by atoms with Gasteiger partial charge in [0, 0.05) is 17.8 Å². The number of rotatable bonds is 9. The predicted molar refractivity (Wildman–Crippen MR) is 116 cm³/mol. The lowest BCUT2D eigenvalue weighted by atomic mass is 10.2. The number of carbonyl (C=O) groups excluding carboxylic acids is 2. The Morgan fingerprint density at radius 2 is 1.63 bits per heavy atom. The molecule has 6 heteroatoms. The lowest BCUT2D eigenvalue weighted by Crippen LogP contribution is -2.71. The van der Waals surface area contributed by atoms with Crippen LogP contribution in [-0.4, -0.2) is 17.4 Å². The van der Waals surface area contributed by atoms with Crippen molar-refractivity contribution in [2.75, 3.05) is 5.32 Å². The fraction of sp³-hybridized carbons (Fsp3) is 0.0417. The molecule has 0 saturated heterocycles. The number of ketones is 1. The van der Waals surface area contributed by atoms with E-state index in [0.717, 1.165) is 11.3 Å². The van der Waals surface area contributed by atoms with Crippen LogP contribution in [0.15, 0.2) is 97.2 Å². The van der Waals surface area contributed by atoms with Crippen LogP contribution in [0.3, 0.4) is 0 Å². The number of quaternary nitrogens is 1. The highest BCUT2D eigenvalue weighted by Gasteiger charge is 2.16. The van der Waals surface area contributed by atoms with Crippen LogP contribution in [0.5, 0.6) is 5.75 Å². The van der Waals surface area contributed by atoms with Gasteiger partial charge in [0.05, 0.1) is 0 Å². The van der Waals surface area contributed by atoms with Gasteiger partial charge in [-0.3, -0.25) is 20.3 Å². The second kappa shape index (κ2) is 10.5. The first-order valence-electron chi connectivity index (χ1n) is 9.39. The van der Waals surface area contributed by atoms with E-state index in [-0.39, 0.29) is 0 Å². The van der Waals surface area contributed by atoms with Crippen molar-refractivity contribution in [2.24, 2.45) is 0 Å². The molecule has 0 saturated carbocycles. The molecule has 4 N–H and O–H groups in total. The minimum atomic E-state index is -0.743. The molecule has 150 valence electrons. The van der Waals surface area contributed by atoms with Gasteiger partial charge in [-0.05, 0) is 29.8 Å². The van der Waals surface area contributed by atoms with Crippen molar-refractivity contribution in [3.8, 4) is 5.75 Å². The Hall–Kier alpha value is -4.03. The van der Waals surface area contributed by atoms with Crippen LogP contribution in [0.1, 0.15) is 5.56 Å². The van der Waals surface area contributed by atoms with E-state index in [1.165, 1.54) is 12.3 Å². The fourth-order valence-corrected chi connectivity index (χ4v) is 2.61. The average molecular weight is 400 g/mol. The molecular formula is C24H22N3O3+. The smallest absolute Gasteiger partial charge is 0.277 e. The zero-order valence-corrected chi connectivity index (χ0v) is 16.2. The van der Waals surface area contributed by atoms with E-state index in [2.05, 4.69) is 5.32 Å². The number of allylic oxidation sites excluding steroid dienone is 1. The topological polar surface area (TPSA) is 95.9 Å². The van der Waals surface area contributed by atoms with Gasteiger partial charge in [-0.25, -0.2) is 0 Å². The second-order valence-corrected chi connectivity index (χ2v) is 6.43. The molecule has 6 nitrogen and oxygen atoms in total. The van der Waals surface area contributed by atoms with E-state index in [1.54, 1.807) is 29.6 Å². The Balaban J connectivity index is 1.51. The zero-order chi connectivity index (χ0) is 21.2. The van der Waals surface area contributed by atoms with Crippen LogP contribution < -0.4 is 15.4 Å². The van der Waals surface area contributed by atoms with Gasteiger partial charge in [0.25, 0.3) is 5.91 Å². The molecule has 0 unspecified atom stereocenters. The number of hydrogen-bond donors (Lipinski definition) is 3. The Kier molecular flexibility index (Phi) is 7.24. The van der Waals surface area contributed by atoms with E-state index in [4.69, 9.17) is 10.1 Å². The van der Waals surface area contributed by atoms with Crippen molar-refractivity contribution < 1.29 is 19.6 Å². The molecule has 0 aromatic heterocycles. The van der Waals surface area contributed by atoms with Crippen molar-refractivity contribution in [3.63, 3.8) is 0 Å². The normalized spacial score (nSPS) is 10.5. The summed E-state index contributed by atoms with van der Waals surface area (Å²) in [6.07, 6.45) is 2.72. The summed E-state index contributed by atoms with van der Waals surface area (Å²) >= 11 is 0. The molecule has 1 amide bonds. The number of hydrogen-bond acceptors (Lipinski definition) is 4. The number of nitrogens with one attached hydrogen (secondary N) is 2. The molecular weight excluding hydrogens is 378 g/mol. The van der Waals surface area contributed by atoms with Crippen molar-refractivity contribution in [1.29, 1.82) is 5.41 Å². The van der Waals surface area contributed by atoms with Crippen LogP contribution in [0.2, 0.25) is 0 Å². The van der Waals surface area contributed by atoms with E-state index in [0.29, 0.717) is 18.0 Å². The molecule has 0 spiro atoms. The number of ether oxygens (including phenoxy) is 1. The predicted octanol–water partition coefficient (Wildman–Crippen LogP) is 3.20. The molecule has 0 aliphatic heterocycles. The highest BCUT2D eigenvalue weighted by Crippen LogP contribution is 2.15. The van der Waals surface area contributed by atoms with Crippen molar-refractivity contribution in [3.05, 3.63) is 103 Å². The number of anilines is 1. The van der Waals surface area contributed by atoms with Gasteiger partial charge < -0.3 is 10.1 Å². The van der Waals surface area contributed by atoms with E-state index >= 15 is 0 Å². The summed E-state index contributed by atoms with van der Waals surface area (Å²) in [7, 11) is 0. The number of benzene rings is 3. The van der Waals surface area contributed by atoms with Gasteiger partial charge in [-0.15, -0.1) is 0 Å². The van der Waals surface area contributed by atoms with Crippen LogP contribution in [-0.2, 0) is 16.2 Å². The average Bonchev–Trinajstić information content (AvgIpc) is 2.79. The molecule has 3 aromatic rings. The fourth-order valence-electron chi connectivity index (χ4n) is 2.61. The summed E-state index contributed by atoms with van der Waals surface area (Å²) in [5.74, 6) is -0.703.